The molecule has 0 radical (unpaired) electrons. The summed E-state index contributed by atoms with van der Waals surface area (Å²) in [5.41, 5.74) is 1.38. The normalized spacial score (nSPS) is 24.4. The first-order valence-electron chi connectivity index (χ1n) is 8.74. The number of carbonyl (C=O) groups excluding carboxylic acids is 1. The molecule has 0 aliphatic carbocycles. The molecule has 0 unspecified atom stereocenters. The zero-order valence-corrected chi connectivity index (χ0v) is 13.5. The molecule has 0 N–H and O–H groups in total. The minimum Gasteiger partial charge on any atom is -0.381 e. The van der Waals surface area contributed by atoms with Gasteiger partial charge < -0.3 is 9.64 Å². The fraction of sp³-hybridized carbons (Fsp3) is 0.632. The second-order valence-electron chi connectivity index (χ2n) is 6.55. The van der Waals surface area contributed by atoms with Crippen molar-refractivity contribution < 1.29 is 9.53 Å². The molecule has 120 valence electrons. The highest BCUT2D eigenvalue weighted by Gasteiger charge is 2.37. The van der Waals surface area contributed by atoms with Crippen molar-refractivity contribution in [3.63, 3.8) is 0 Å². The first-order valence-corrected chi connectivity index (χ1v) is 8.74. The van der Waals surface area contributed by atoms with Gasteiger partial charge in [-0.1, -0.05) is 37.3 Å². The predicted molar refractivity (Wildman–Crippen MR) is 87.8 cm³/mol. The quantitative estimate of drug-likeness (QED) is 0.850. The van der Waals surface area contributed by atoms with Crippen LogP contribution in [0.5, 0.6) is 0 Å². The Morgan fingerprint density at radius 1 is 1.23 bits per heavy atom. The number of carbonyl (C=O) groups is 1. The van der Waals surface area contributed by atoms with Gasteiger partial charge in [0.1, 0.15) is 0 Å². The molecule has 3 heteroatoms. The van der Waals surface area contributed by atoms with E-state index in [1.165, 1.54) is 5.56 Å². The van der Waals surface area contributed by atoms with Gasteiger partial charge in [-0.15, -0.1) is 0 Å². The molecular formula is C19H27NO2. The van der Waals surface area contributed by atoms with E-state index in [1.54, 1.807) is 0 Å². The summed E-state index contributed by atoms with van der Waals surface area (Å²) >= 11 is 0. The number of amides is 1. The van der Waals surface area contributed by atoms with Crippen LogP contribution < -0.4 is 0 Å². The molecule has 3 nitrogen and oxygen atoms in total. The molecule has 0 aromatic heterocycles. The molecule has 3 rings (SSSR count). The lowest BCUT2D eigenvalue weighted by Gasteiger charge is -2.35. The zero-order valence-electron chi connectivity index (χ0n) is 13.5. The van der Waals surface area contributed by atoms with Gasteiger partial charge in [0.15, 0.2) is 0 Å². The van der Waals surface area contributed by atoms with Gasteiger partial charge in [-0.05, 0) is 37.7 Å². The summed E-state index contributed by atoms with van der Waals surface area (Å²) < 4.78 is 5.41. The first-order chi connectivity index (χ1) is 10.8. The maximum atomic E-state index is 12.9. The topological polar surface area (TPSA) is 29.5 Å². The van der Waals surface area contributed by atoms with Gasteiger partial charge in [-0.2, -0.15) is 0 Å². The lowest BCUT2D eigenvalue weighted by Crippen LogP contribution is -2.43. The molecule has 0 saturated carbocycles. The monoisotopic (exact) mass is 301 g/mol. The molecule has 22 heavy (non-hydrogen) atoms. The van der Waals surface area contributed by atoms with Crippen molar-refractivity contribution in [2.45, 2.75) is 51.0 Å². The van der Waals surface area contributed by atoms with Crippen LogP contribution in [0.1, 0.15) is 50.5 Å². The van der Waals surface area contributed by atoms with Gasteiger partial charge in [-0.3, -0.25) is 4.79 Å². The average molecular weight is 301 g/mol. The van der Waals surface area contributed by atoms with Crippen molar-refractivity contribution in [3.8, 4) is 0 Å². The number of hydrogen-bond acceptors (Lipinski definition) is 2. The molecule has 0 bridgehead atoms. The molecule has 2 aliphatic heterocycles. The first kappa shape index (κ1) is 15.5. The highest BCUT2D eigenvalue weighted by atomic mass is 16.5. The third-order valence-corrected chi connectivity index (χ3v) is 5.28. The molecule has 2 atom stereocenters. The van der Waals surface area contributed by atoms with E-state index in [9.17, 15) is 4.79 Å². The molecule has 0 spiro atoms. The Balaban J connectivity index is 1.75. The van der Waals surface area contributed by atoms with Crippen molar-refractivity contribution in [1.29, 1.82) is 0 Å². The highest BCUT2D eigenvalue weighted by Crippen LogP contribution is 2.35. The number of benzene rings is 1. The van der Waals surface area contributed by atoms with Crippen LogP contribution in [0, 0.1) is 5.92 Å². The lowest BCUT2D eigenvalue weighted by atomic mass is 9.87. The second kappa shape index (κ2) is 7.28. The van der Waals surface area contributed by atoms with Gasteiger partial charge in [-0.25, -0.2) is 0 Å². The molecule has 1 amide bonds. The van der Waals surface area contributed by atoms with Crippen molar-refractivity contribution in [2.75, 3.05) is 19.8 Å². The number of nitrogens with zero attached hydrogens (tertiary/aromatic N) is 1. The Morgan fingerprint density at radius 2 is 1.95 bits per heavy atom. The summed E-state index contributed by atoms with van der Waals surface area (Å²) in [6.07, 6.45) is 5.16. The van der Waals surface area contributed by atoms with E-state index in [2.05, 4.69) is 42.2 Å². The van der Waals surface area contributed by atoms with E-state index in [-0.39, 0.29) is 5.92 Å². The van der Waals surface area contributed by atoms with E-state index in [0.29, 0.717) is 17.9 Å². The molecule has 2 aliphatic rings. The number of rotatable bonds is 4. The number of hydrogen-bond donors (Lipinski definition) is 0. The third-order valence-electron chi connectivity index (χ3n) is 5.28. The molecule has 2 heterocycles. The van der Waals surface area contributed by atoms with Crippen molar-refractivity contribution in [1.82, 2.24) is 4.90 Å². The van der Waals surface area contributed by atoms with Crippen molar-refractivity contribution in [3.05, 3.63) is 35.9 Å². The fourth-order valence-electron chi connectivity index (χ4n) is 4.09. The molecule has 1 aromatic rings. The summed E-state index contributed by atoms with van der Waals surface area (Å²) in [7, 11) is 0. The lowest BCUT2D eigenvalue weighted by molar-refractivity contribution is -0.139. The molecular weight excluding hydrogens is 274 g/mol. The number of likely N-dealkylation sites (tertiary alicyclic amines) is 1. The van der Waals surface area contributed by atoms with Gasteiger partial charge >= 0.3 is 0 Å². The summed E-state index contributed by atoms with van der Waals surface area (Å²) in [6.45, 7) is 4.66. The van der Waals surface area contributed by atoms with E-state index in [0.717, 1.165) is 51.9 Å². The van der Waals surface area contributed by atoms with E-state index < -0.39 is 0 Å². The zero-order chi connectivity index (χ0) is 15.4. The maximum absolute atomic E-state index is 12.9. The average Bonchev–Trinajstić information content (AvgIpc) is 3.06. The van der Waals surface area contributed by atoms with Crippen LogP contribution in [0.3, 0.4) is 0 Å². The predicted octanol–water partition coefficient (Wildman–Crippen LogP) is 3.60. The Morgan fingerprint density at radius 3 is 2.64 bits per heavy atom. The van der Waals surface area contributed by atoms with Gasteiger partial charge in [0.2, 0.25) is 5.91 Å². The fourth-order valence-corrected chi connectivity index (χ4v) is 4.09. The molecule has 2 fully saturated rings. The largest absolute Gasteiger partial charge is 0.381 e. The van der Waals surface area contributed by atoms with Crippen LogP contribution in [0.15, 0.2) is 30.3 Å². The van der Waals surface area contributed by atoms with Crippen molar-refractivity contribution >= 4 is 5.91 Å². The summed E-state index contributed by atoms with van der Waals surface area (Å²) in [5.74, 6) is 1.02. The minimum atomic E-state index is 0.183. The third kappa shape index (κ3) is 3.19. The number of ether oxygens (including phenoxy) is 1. The van der Waals surface area contributed by atoms with Crippen molar-refractivity contribution in [2.24, 2.45) is 5.92 Å². The summed E-state index contributed by atoms with van der Waals surface area (Å²) in [6, 6.07) is 11.1. The molecule has 1 aromatic carbocycles. The smallest absolute Gasteiger partial charge is 0.226 e. The van der Waals surface area contributed by atoms with Crippen LogP contribution in [0.2, 0.25) is 0 Å². The van der Waals surface area contributed by atoms with Crippen LogP contribution in [0.25, 0.3) is 0 Å². The summed E-state index contributed by atoms with van der Waals surface area (Å²) in [5, 5.41) is 0. The van der Waals surface area contributed by atoms with Crippen LogP contribution in [-0.4, -0.2) is 36.6 Å². The molecule has 2 saturated heterocycles. The van der Waals surface area contributed by atoms with E-state index in [4.69, 9.17) is 4.74 Å². The Labute approximate surface area is 133 Å². The maximum Gasteiger partial charge on any atom is 0.226 e. The van der Waals surface area contributed by atoms with Gasteiger partial charge in [0.25, 0.3) is 0 Å². The van der Waals surface area contributed by atoms with E-state index >= 15 is 0 Å². The summed E-state index contributed by atoms with van der Waals surface area (Å²) in [4.78, 5) is 15.1. The SMILES string of the molecule is CC[C@H](c1ccccc1)[C@@H]1CCCN1C(=O)C1CCOCC1. The Kier molecular flexibility index (Phi) is 5.14. The van der Waals surface area contributed by atoms with Gasteiger partial charge in [0, 0.05) is 37.6 Å². The standard InChI is InChI=1S/C19H27NO2/c1-2-17(15-7-4-3-5-8-15)18-9-6-12-20(18)19(21)16-10-13-22-14-11-16/h3-5,7-8,16-18H,2,6,9-14H2,1H3/t17-,18+/m1/s1. The second-order valence-corrected chi connectivity index (χ2v) is 6.55. The Hall–Kier alpha value is -1.35. The van der Waals surface area contributed by atoms with Crippen LogP contribution in [0.4, 0.5) is 0 Å². The van der Waals surface area contributed by atoms with Crippen LogP contribution in [-0.2, 0) is 9.53 Å². The van der Waals surface area contributed by atoms with Gasteiger partial charge in [0.05, 0.1) is 0 Å². The minimum absolute atomic E-state index is 0.183. The van der Waals surface area contributed by atoms with Crippen LogP contribution >= 0.6 is 0 Å². The Bertz CT molecular complexity index is 481. The highest BCUT2D eigenvalue weighted by molar-refractivity contribution is 5.79. The van der Waals surface area contributed by atoms with E-state index in [1.807, 2.05) is 0 Å².